The summed E-state index contributed by atoms with van der Waals surface area (Å²) in [6.45, 7) is 0.842. The molecule has 0 bridgehead atoms. The molecule has 0 amide bonds. The molecule has 0 fully saturated rings. The zero-order valence-electron chi connectivity index (χ0n) is 13.1. The van der Waals surface area contributed by atoms with Crippen LogP contribution in [0.2, 0.25) is 0 Å². The van der Waals surface area contributed by atoms with Crippen molar-refractivity contribution in [3.05, 3.63) is 23.8 Å². The maximum Gasteiger partial charge on any atom is 0.422 e. The molecule has 1 rings (SSSR count). The molecule has 0 saturated carbocycles. The molecule has 0 saturated heterocycles. The molecule has 0 spiro atoms. The van der Waals surface area contributed by atoms with E-state index < -0.39 is 12.8 Å². The lowest BCUT2D eigenvalue weighted by Gasteiger charge is -2.11. The number of alkyl halides is 3. The molecule has 0 aromatic heterocycles. The fraction of sp³-hybridized carbons (Fsp3) is 0.647. The van der Waals surface area contributed by atoms with Gasteiger partial charge in [0.05, 0.1) is 0 Å². The lowest BCUT2D eigenvalue weighted by atomic mass is 10.0. The molecule has 0 aliphatic rings. The highest BCUT2D eigenvalue weighted by atomic mass is 19.4. The van der Waals surface area contributed by atoms with Crippen LogP contribution in [-0.4, -0.2) is 17.9 Å². The summed E-state index contributed by atoms with van der Waals surface area (Å²) in [6, 6.07) is 4.36. The van der Waals surface area contributed by atoms with Crippen molar-refractivity contribution in [2.24, 2.45) is 0 Å². The zero-order valence-corrected chi connectivity index (χ0v) is 13.1. The standard InChI is InChI=1S/C17H25F3O2/c1-2-3-4-5-6-7-8-9-14-10-11-15(12-16(14)21)22-13-17(18,19)20/h10-12,21H,2-9,13H2,1H3. The van der Waals surface area contributed by atoms with Crippen molar-refractivity contribution in [2.45, 2.75) is 64.5 Å². The highest BCUT2D eigenvalue weighted by Crippen LogP contribution is 2.26. The second-order valence-corrected chi connectivity index (χ2v) is 5.57. The number of rotatable bonds is 10. The first-order valence-corrected chi connectivity index (χ1v) is 7.94. The number of benzene rings is 1. The van der Waals surface area contributed by atoms with E-state index in [1.165, 1.54) is 44.2 Å². The summed E-state index contributed by atoms with van der Waals surface area (Å²) in [4.78, 5) is 0. The van der Waals surface area contributed by atoms with E-state index in [2.05, 4.69) is 11.7 Å². The average molecular weight is 318 g/mol. The first kappa shape index (κ1) is 18.7. The van der Waals surface area contributed by atoms with E-state index in [1.54, 1.807) is 6.07 Å². The van der Waals surface area contributed by atoms with E-state index in [1.807, 2.05) is 0 Å². The van der Waals surface area contributed by atoms with Crippen LogP contribution in [0.4, 0.5) is 13.2 Å². The van der Waals surface area contributed by atoms with E-state index in [0.717, 1.165) is 24.8 Å². The molecule has 0 heterocycles. The quantitative estimate of drug-likeness (QED) is 0.567. The van der Waals surface area contributed by atoms with Gasteiger partial charge in [-0.1, -0.05) is 51.5 Å². The number of ether oxygens (including phenoxy) is 1. The molecular weight excluding hydrogens is 293 g/mol. The summed E-state index contributed by atoms with van der Waals surface area (Å²) in [5.41, 5.74) is 0.757. The number of phenolic OH excluding ortho intramolecular Hbond substituents is 1. The minimum atomic E-state index is -4.37. The first-order valence-electron chi connectivity index (χ1n) is 7.94. The van der Waals surface area contributed by atoms with Crippen molar-refractivity contribution in [1.82, 2.24) is 0 Å². The summed E-state index contributed by atoms with van der Waals surface area (Å²) >= 11 is 0. The van der Waals surface area contributed by atoms with Crippen LogP contribution in [-0.2, 0) is 6.42 Å². The molecule has 126 valence electrons. The first-order chi connectivity index (χ1) is 10.4. The van der Waals surface area contributed by atoms with Gasteiger partial charge in [-0.2, -0.15) is 13.2 Å². The zero-order chi connectivity index (χ0) is 16.4. The van der Waals surface area contributed by atoms with E-state index in [4.69, 9.17) is 0 Å². The predicted molar refractivity (Wildman–Crippen MR) is 81.4 cm³/mol. The number of phenols is 1. The number of hydrogen-bond acceptors (Lipinski definition) is 2. The van der Waals surface area contributed by atoms with Crippen molar-refractivity contribution < 1.29 is 23.0 Å². The second kappa shape index (κ2) is 9.59. The molecule has 1 aromatic carbocycles. The lowest BCUT2D eigenvalue weighted by molar-refractivity contribution is -0.153. The minimum absolute atomic E-state index is 0.00524. The monoisotopic (exact) mass is 318 g/mol. The second-order valence-electron chi connectivity index (χ2n) is 5.57. The summed E-state index contributed by atoms with van der Waals surface area (Å²) in [5.74, 6) is 0.0452. The van der Waals surface area contributed by atoms with Crippen LogP contribution in [0, 0.1) is 0 Å². The van der Waals surface area contributed by atoms with Gasteiger partial charge in [0.1, 0.15) is 11.5 Å². The van der Waals surface area contributed by atoms with Gasteiger partial charge in [-0.25, -0.2) is 0 Å². The maximum atomic E-state index is 12.1. The number of aromatic hydroxyl groups is 1. The molecule has 0 atom stereocenters. The Hall–Kier alpha value is -1.39. The van der Waals surface area contributed by atoms with Crippen molar-refractivity contribution >= 4 is 0 Å². The normalized spacial score (nSPS) is 11.6. The Balaban J connectivity index is 2.30. The van der Waals surface area contributed by atoms with E-state index in [-0.39, 0.29) is 11.5 Å². The number of halogens is 3. The highest BCUT2D eigenvalue weighted by Gasteiger charge is 2.28. The van der Waals surface area contributed by atoms with Crippen molar-refractivity contribution in [1.29, 1.82) is 0 Å². The Labute approximate surface area is 130 Å². The van der Waals surface area contributed by atoms with Gasteiger partial charge in [-0.3, -0.25) is 0 Å². The van der Waals surface area contributed by atoms with Crippen LogP contribution in [0.3, 0.4) is 0 Å². The van der Waals surface area contributed by atoms with E-state index in [9.17, 15) is 18.3 Å². The summed E-state index contributed by atoms with van der Waals surface area (Å²) in [6.07, 6.45) is 4.66. The fourth-order valence-corrected chi connectivity index (χ4v) is 2.28. The molecule has 0 radical (unpaired) electrons. The van der Waals surface area contributed by atoms with Crippen LogP contribution in [0.1, 0.15) is 57.4 Å². The van der Waals surface area contributed by atoms with Gasteiger partial charge in [-0.15, -0.1) is 0 Å². The SMILES string of the molecule is CCCCCCCCCc1ccc(OCC(F)(F)F)cc1O. The van der Waals surface area contributed by atoms with Gasteiger partial charge in [0.2, 0.25) is 0 Å². The number of unbranched alkanes of at least 4 members (excludes halogenated alkanes) is 6. The van der Waals surface area contributed by atoms with Gasteiger partial charge in [0.25, 0.3) is 0 Å². The Morgan fingerprint density at radius 3 is 2.23 bits per heavy atom. The van der Waals surface area contributed by atoms with Gasteiger partial charge < -0.3 is 9.84 Å². The molecule has 1 N–H and O–H groups in total. The van der Waals surface area contributed by atoms with E-state index in [0.29, 0.717) is 0 Å². The third kappa shape index (κ3) is 8.15. The third-order valence-electron chi connectivity index (χ3n) is 3.51. The average Bonchev–Trinajstić information content (AvgIpc) is 2.45. The molecular formula is C17H25F3O2. The largest absolute Gasteiger partial charge is 0.508 e. The lowest BCUT2D eigenvalue weighted by Crippen LogP contribution is -2.19. The van der Waals surface area contributed by atoms with Crippen molar-refractivity contribution in [2.75, 3.05) is 6.61 Å². The van der Waals surface area contributed by atoms with Crippen LogP contribution in [0.15, 0.2) is 18.2 Å². The van der Waals surface area contributed by atoms with Crippen LogP contribution in [0.5, 0.6) is 11.5 Å². The fourth-order valence-electron chi connectivity index (χ4n) is 2.28. The van der Waals surface area contributed by atoms with Gasteiger partial charge in [0.15, 0.2) is 6.61 Å². The van der Waals surface area contributed by atoms with E-state index >= 15 is 0 Å². The Morgan fingerprint density at radius 2 is 1.64 bits per heavy atom. The molecule has 0 aliphatic heterocycles. The summed E-state index contributed by atoms with van der Waals surface area (Å²) in [5, 5.41) is 9.83. The summed E-state index contributed by atoms with van der Waals surface area (Å²) in [7, 11) is 0. The third-order valence-corrected chi connectivity index (χ3v) is 3.51. The van der Waals surface area contributed by atoms with Crippen molar-refractivity contribution in [3.8, 4) is 11.5 Å². The molecule has 5 heteroatoms. The number of aryl methyl sites for hydroxylation is 1. The number of hydrogen-bond donors (Lipinski definition) is 1. The van der Waals surface area contributed by atoms with Gasteiger partial charge >= 0.3 is 6.18 Å². The van der Waals surface area contributed by atoms with Gasteiger partial charge in [-0.05, 0) is 24.5 Å². The predicted octanol–water partition coefficient (Wildman–Crippen LogP) is 5.63. The minimum Gasteiger partial charge on any atom is -0.508 e. The van der Waals surface area contributed by atoms with Crippen molar-refractivity contribution in [3.63, 3.8) is 0 Å². The topological polar surface area (TPSA) is 29.5 Å². The maximum absolute atomic E-state index is 12.1. The molecule has 1 aromatic rings. The summed E-state index contributed by atoms with van der Waals surface area (Å²) < 4.78 is 40.8. The van der Waals surface area contributed by atoms with Crippen LogP contribution < -0.4 is 4.74 Å². The smallest absolute Gasteiger partial charge is 0.422 e. The Morgan fingerprint density at radius 1 is 1.00 bits per heavy atom. The van der Waals surface area contributed by atoms with Gasteiger partial charge in [0, 0.05) is 6.07 Å². The Bertz CT molecular complexity index is 430. The molecule has 2 nitrogen and oxygen atoms in total. The van der Waals surface area contributed by atoms with Crippen LogP contribution >= 0.6 is 0 Å². The Kier molecular flexibility index (Phi) is 8.13. The molecule has 0 aliphatic carbocycles. The molecule has 0 unspecified atom stereocenters. The highest BCUT2D eigenvalue weighted by molar-refractivity contribution is 5.39. The molecule has 22 heavy (non-hydrogen) atoms. The van der Waals surface area contributed by atoms with Crippen LogP contribution in [0.25, 0.3) is 0 Å².